The fraction of sp³-hybridized carbons (Fsp3) is 0.625. The van der Waals surface area contributed by atoms with E-state index in [0.29, 0.717) is 5.92 Å². The zero-order chi connectivity index (χ0) is 15.7. The van der Waals surface area contributed by atoms with Crippen molar-refractivity contribution < 1.29 is 0 Å². The monoisotopic (exact) mass is 308 g/mol. The third-order valence-corrected chi connectivity index (χ3v) is 4.10. The molecule has 1 aromatic rings. The Morgan fingerprint density at radius 1 is 1.57 bits per heavy atom. The Labute approximate surface area is 133 Å². The number of allylic oxidation sites excluding steroid dienone is 1. The van der Waals surface area contributed by atoms with Crippen LogP contribution in [0.1, 0.15) is 36.6 Å². The van der Waals surface area contributed by atoms with Gasteiger partial charge in [0.25, 0.3) is 0 Å². The molecule has 21 heavy (non-hydrogen) atoms. The van der Waals surface area contributed by atoms with Crippen molar-refractivity contribution in [3.63, 3.8) is 0 Å². The summed E-state index contributed by atoms with van der Waals surface area (Å²) in [6.07, 6.45) is 7.12. The van der Waals surface area contributed by atoms with E-state index in [0.717, 1.165) is 38.3 Å². The van der Waals surface area contributed by atoms with Gasteiger partial charge in [0.2, 0.25) is 0 Å². The zero-order valence-corrected chi connectivity index (χ0v) is 14.5. The number of guanidine groups is 1. The number of rotatable bonds is 8. The van der Waals surface area contributed by atoms with Gasteiger partial charge in [-0.05, 0) is 18.8 Å². The highest BCUT2D eigenvalue weighted by Gasteiger charge is 2.07. The Hall–Kier alpha value is -1.36. The van der Waals surface area contributed by atoms with E-state index in [1.165, 1.54) is 9.88 Å². The molecule has 1 heterocycles. The van der Waals surface area contributed by atoms with Gasteiger partial charge < -0.3 is 10.2 Å². The molecule has 0 amide bonds. The number of hydrogen-bond acceptors (Lipinski definition) is 3. The Kier molecular flexibility index (Phi) is 8.05. The van der Waals surface area contributed by atoms with Gasteiger partial charge in [0.05, 0.1) is 11.6 Å². The van der Waals surface area contributed by atoms with E-state index < -0.39 is 0 Å². The highest BCUT2D eigenvalue weighted by molar-refractivity contribution is 7.11. The van der Waals surface area contributed by atoms with Crippen LogP contribution in [0.5, 0.6) is 0 Å². The second-order valence-electron chi connectivity index (χ2n) is 5.57. The summed E-state index contributed by atoms with van der Waals surface area (Å²) in [5, 5.41) is 4.62. The second kappa shape index (κ2) is 9.55. The van der Waals surface area contributed by atoms with Crippen molar-refractivity contribution in [2.45, 2.75) is 39.7 Å². The lowest BCUT2D eigenvalue weighted by molar-refractivity contribution is 0.470. The van der Waals surface area contributed by atoms with Crippen LogP contribution in [-0.4, -0.2) is 36.5 Å². The highest BCUT2D eigenvalue weighted by atomic mass is 32.1. The van der Waals surface area contributed by atoms with Crippen LogP contribution in [0.15, 0.2) is 23.8 Å². The molecular formula is C16H28N4S. The molecule has 0 bridgehead atoms. The molecule has 0 saturated carbocycles. The molecular weight excluding hydrogens is 280 g/mol. The molecule has 4 nitrogen and oxygen atoms in total. The molecule has 0 aliphatic heterocycles. The van der Waals surface area contributed by atoms with Crippen LogP contribution in [0.4, 0.5) is 0 Å². The van der Waals surface area contributed by atoms with Crippen LogP contribution in [0.3, 0.4) is 0 Å². The van der Waals surface area contributed by atoms with Crippen LogP contribution in [0.25, 0.3) is 0 Å². The quantitative estimate of drug-likeness (QED) is 0.347. The van der Waals surface area contributed by atoms with Gasteiger partial charge in [0.15, 0.2) is 5.96 Å². The van der Waals surface area contributed by atoms with Crippen molar-refractivity contribution in [2.24, 2.45) is 10.9 Å². The largest absolute Gasteiger partial charge is 0.351 e. The lowest BCUT2D eigenvalue weighted by Gasteiger charge is -2.21. The minimum absolute atomic E-state index is 0.653. The van der Waals surface area contributed by atoms with E-state index in [1.807, 2.05) is 19.3 Å². The molecule has 0 unspecified atom stereocenters. The third-order valence-electron chi connectivity index (χ3n) is 3.08. The van der Waals surface area contributed by atoms with Gasteiger partial charge in [-0.1, -0.05) is 19.9 Å². The summed E-state index contributed by atoms with van der Waals surface area (Å²) in [4.78, 5) is 12.2. The van der Waals surface area contributed by atoms with Crippen LogP contribution in [0, 0.1) is 5.92 Å². The van der Waals surface area contributed by atoms with Crippen LogP contribution in [0.2, 0.25) is 0 Å². The van der Waals surface area contributed by atoms with Crippen molar-refractivity contribution in [1.29, 1.82) is 0 Å². The van der Waals surface area contributed by atoms with Crippen LogP contribution < -0.4 is 5.32 Å². The predicted molar refractivity (Wildman–Crippen MR) is 92.9 cm³/mol. The summed E-state index contributed by atoms with van der Waals surface area (Å²) in [5.74, 6) is 1.58. The normalized spacial score (nSPS) is 11.8. The molecule has 1 aromatic heterocycles. The van der Waals surface area contributed by atoms with Gasteiger partial charge in [-0.3, -0.25) is 4.99 Å². The minimum Gasteiger partial charge on any atom is -0.351 e. The summed E-state index contributed by atoms with van der Waals surface area (Å²) in [6.45, 7) is 9.96. The maximum Gasteiger partial charge on any atom is 0.193 e. The maximum atomic E-state index is 4.48. The molecule has 1 N–H and O–H groups in total. The lowest BCUT2D eigenvalue weighted by Crippen LogP contribution is -2.38. The molecule has 1 rings (SSSR count). The van der Waals surface area contributed by atoms with Gasteiger partial charge in [-0.2, -0.15) is 0 Å². The number of nitrogens with one attached hydrogen (secondary N) is 1. The first-order valence-electron chi connectivity index (χ1n) is 7.53. The first kappa shape index (κ1) is 17.7. The molecule has 0 radical (unpaired) electrons. The maximum absolute atomic E-state index is 4.48. The standard InChI is InChI=1S/C16H28N4S/c1-6-7-8-9-20(5)16(17-4)19-12-14-11-18-15(21-14)10-13(2)3/h6,11,13H,1,7-10,12H2,2-5H3,(H,17,19). The summed E-state index contributed by atoms with van der Waals surface area (Å²) >= 11 is 1.79. The van der Waals surface area contributed by atoms with Crippen molar-refractivity contribution >= 4 is 17.3 Å². The molecule has 0 atom stereocenters. The van der Waals surface area contributed by atoms with Crippen LogP contribution in [-0.2, 0) is 13.0 Å². The Balaban J connectivity index is 2.44. The average Bonchev–Trinajstić information content (AvgIpc) is 2.86. The topological polar surface area (TPSA) is 40.5 Å². The van der Waals surface area contributed by atoms with Crippen molar-refractivity contribution in [2.75, 3.05) is 20.6 Å². The van der Waals surface area contributed by atoms with Gasteiger partial charge >= 0.3 is 0 Å². The summed E-state index contributed by atoms with van der Waals surface area (Å²) in [7, 11) is 3.89. The summed E-state index contributed by atoms with van der Waals surface area (Å²) in [5.41, 5.74) is 0. The molecule has 0 aliphatic carbocycles. The fourth-order valence-electron chi connectivity index (χ4n) is 2.00. The van der Waals surface area contributed by atoms with E-state index in [4.69, 9.17) is 0 Å². The van der Waals surface area contributed by atoms with E-state index in [9.17, 15) is 0 Å². The fourth-order valence-corrected chi connectivity index (χ4v) is 3.08. The highest BCUT2D eigenvalue weighted by Crippen LogP contribution is 2.16. The average molecular weight is 308 g/mol. The van der Waals surface area contributed by atoms with Gasteiger partial charge in [-0.25, -0.2) is 4.98 Å². The Morgan fingerprint density at radius 3 is 2.95 bits per heavy atom. The molecule has 0 fully saturated rings. The van der Waals surface area contributed by atoms with Crippen molar-refractivity contribution in [3.05, 3.63) is 28.7 Å². The zero-order valence-electron chi connectivity index (χ0n) is 13.7. The number of aromatic nitrogens is 1. The first-order chi connectivity index (χ1) is 10.1. The van der Waals surface area contributed by atoms with E-state index in [2.05, 4.69) is 47.7 Å². The molecule has 0 aromatic carbocycles. The van der Waals surface area contributed by atoms with E-state index in [1.54, 1.807) is 11.3 Å². The van der Waals surface area contributed by atoms with Crippen LogP contribution >= 0.6 is 11.3 Å². The predicted octanol–water partition coefficient (Wildman–Crippen LogP) is 3.32. The van der Waals surface area contributed by atoms with Gasteiger partial charge in [-0.15, -0.1) is 17.9 Å². The SMILES string of the molecule is C=CCCCN(C)C(=NC)NCc1cnc(CC(C)C)s1. The van der Waals surface area contributed by atoms with Gasteiger partial charge in [0.1, 0.15) is 0 Å². The molecule has 0 spiro atoms. The molecule has 0 saturated heterocycles. The Morgan fingerprint density at radius 2 is 2.33 bits per heavy atom. The minimum atomic E-state index is 0.653. The number of unbranched alkanes of at least 4 members (excludes halogenated alkanes) is 1. The van der Waals surface area contributed by atoms with Gasteiger partial charge in [0, 0.05) is 38.1 Å². The van der Waals surface area contributed by atoms with E-state index in [-0.39, 0.29) is 0 Å². The number of aliphatic imine (C=N–C) groups is 1. The van der Waals surface area contributed by atoms with E-state index >= 15 is 0 Å². The Bertz CT molecular complexity index is 451. The second-order valence-corrected chi connectivity index (χ2v) is 6.77. The number of thiazole rings is 1. The number of nitrogens with zero attached hydrogens (tertiary/aromatic N) is 3. The smallest absolute Gasteiger partial charge is 0.193 e. The van der Waals surface area contributed by atoms with Crippen molar-refractivity contribution in [3.8, 4) is 0 Å². The summed E-state index contributed by atoms with van der Waals surface area (Å²) < 4.78 is 0. The lowest BCUT2D eigenvalue weighted by atomic mass is 10.1. The summed E-state index contributed by atoms with van der Waals surface area (Å²) in [6, 6.07) is 0. The molecule has 5 heteroatoms. The molecule has 0 aliphatic rings. The number of hydrogen-bond donors (Lipinski definition) is 1. The first-order valence-corrected chi connectivity index (χ1v) is 8.34. The third kappa shape index (κ3) is 6.76. The van der Waals surface area contributed by atoms with Crippen molar-refractivity contribution in [1.82, 2.24) is 15.2 Å². The molecule has 118 valence electrons.